The summed E-state index contributed by atoms with van der Waals surface area (Å²) < 4.78 is 32.2. The average Bonchev–Trinajstić information content (AvgIpc) is 2.26. The van der Waals surface area contributed by atoms with Crippen LogP contribution in [-0.2, 0) is 10.0 Å². The lowest BCUT2D eigenvalue weighted by atomic mass is 10.1. The molecule has 0 bridgehead atoms. The van der Waals surface area contributed by atoms with Crippen molar-refractivity contribution in [1.29, 1.82) is 0 Å². The zero-order valence-electron chi connectivity index (χ0n) is 10.4. The van der Waals surface area contributed by atoms with E-state index in [1.807, 2.05) is 0 Å². The van der Waals surface area contributed by atoms with Crippen molar-refractivity contribution in [3.63, 3.8) is 0 Å². The van der Waals surface area contributed by atoms with Crippen molar-refractivity contribution < 1.29 is 18.3 Å². The van der Waals surface area contributed by atoms with Gasteiger partial charge in [-0.25, -0.2) is 13.1 Å². The van der Waals surface area contributed by atoms with Crippen molar-refractivity contribution in [1.82, 2.24) is 4.72 Å². The number of halogens is 1. The lowest BCUT2D eigenvalue weighted by Crippen LogP contribution is -2.38. The van der Waals surface area contributed by atoms with Crippen molar-refractivity contribution in [3.8, 4) is 5.75 Å². The first-order valence-corrected chi connectivity index (χ1v) is 7.49. The highest BCUT2D eigenvalue weighted by molar-refractivity contribution is 9.10. The fourth-order valence-electron chi connectivity index (χ4n) is 1.21. The number of nitrogens with one attached hydrogen (secondary N) is 1. The van der Waals surface area contributed by atoms with E-state index < -0.39 is 15.6 Å². The molecule has 1 aromatic rings. The summed E-state index contributed by atoms with van der Waals surface area (Å²) in [5.74, 6) is 0.251. The van der Waals surface area contributed by atoms with Gasteiger partial charge in [0.1, 0.15) is 10.6 Å². The van der Waals surface area contributed by atoms with E-state index in [1.165, 1.54) is 27.0 Å². The molecule has 0 aliphatic rings. The van der Waals surface area contributed by atoms with E-state index in [0.29, 0.717) is 4.47 Å². The highest BCUT2D eigenvalue weighted by Gasteiger charge is 2.23. The molecular weight excluding hydrogens is 322 g/mol. The third-order valence-electron chi connectivity index (χ3n) is 2.11. The molecule has 0 spiro atoms. The Hall–Kier alpha value is -0.630. The Bertz CT molecular complexity index is 522. The predicted molar refractivity (Wildman–Crippen MR) is 72.2 cm³/mol. The summed E-state index contributed by atoms with van der Waals surface area (Å²) in [6, 6.07) is 4.70. The molecule has 1 aromatic carbocycles. The van der Waals surface area contributed by atoms with Gasteiger partial charge < -0.3 is 9.84 Å². The summed E-state index contributed by atoms with van der Waals surface area (Å²) >= 11 is 3.21. The SMILES string of the molecule is COc1ccc(Br)cc1S(=O)(=O)NCC(C)(C)O. The van der Waals surface area contributed by atoms with Crippen LogP contribution in [0.25, 0.3) is 0 Å². The first kappa shape index (κ1) is 15.4. The van der Waals surface area contributed by atoms with E-state index in [4.69, 9.17) is 4.74 Å². The van der Waals surface area contributed by atoms with E-state index in [9.17, 15) is 13.5 Å². The van der Waals surface area contributed by atoms with E-state index in [0.717, 1.165) is 0 Å². The number of ether oxygens (including phenoxy) is 1. The highest BCUT2D eigenvalue weighted by Crippen LogP contribution is 2.27. The van der Waals surface area contributed by atoms with Gasteiger partial charge in [-0.1, -0.05) is 15.9 Å². The van der Waals surface area contributed by atoms with Crippen LogP contribution in [0.4, 0.5) is 0 Å². The van der Waals surface area contributed by atoms with Crippen LogP contribution in [-0.4, -0.2) is 32.8 Å². The van der Waals surface area contributed by atoms with Gasteiger partial charge in [-0.2, -0.15) is 0 Å². The lowest BCUT2D eigenvalue weighted by molar-refractivity contribution is 0.0857. The molecule has 0 unspecified atom stereocenters. The minimum atomic E-state index is -3.72. The molecule has 102 valence electrons. The Morgan fingerprint density at radius 2 is 2.06 bits per heavy atom. The molecule has 0 aromatic heterocycles. The van der Waals surface area contributed by atoms with Crippen molar-refractivity contribution >= 4 is 26.0 Å². The molecule has 0 heterocycles. The van der Waals surface area contributed by atoms with Crippen LogP contribution in [0, 0.1) is 0 Å². The number of sulfonamides is 1. The van der Waals surface area contributed by atoms with Gasteiger partial charge in [0.25, 0.3) is 0 Å². The second-order valence-electron chi connectivity index (χ2n) is 4.43. The molecule has 0 saturated carbocycles. The second kappa shape index (κ2) is 5.56. The van der Waals surface area contributed by atoms with Crippen molar-refractivity contribution in [2.75, 3.05) is 13.7 Å². The lowest BCUT2D eigenvalue weighted by Gasteiger charge is -2.18. The van der Waals surface area contributed by atoms with Gasteiger partial charge in [0.05, 0.1) is 12.7 Å². The van der Waals surface area contributed by atoms with Crippen LogP contribution in [0.1, 0.15) is 13.8 Å². The predicted octanol–water partition coefficient (Wildman–Crippen LogP) is 1.51. The highest BCUT2D eigenvalue weighted by atomic mass is 79.9. The normalized spacial score (nSPS) is 12.5. The van der Waals surface area contributed by atoms with Gasteiger partial charge >= 0.3 is 0 Å². The van der Waals surface area contributed by atoms with Crippen LogP contribution in [0.3, 0.4) is 0 Å². The minimum Gasteiger partial charge on any atom is -0.495 e. The van der Waals surface area contributed by atoms with E-state index in [-0.39, 0.29) is 17.2 Å². The summed E-state index contributed by atoms with van der Waals surface area (Å²) in [4.78, 5) is 0.0311. The largest absolute Gasteiger partial charge is 0.495 e. The van der Waals surface area contributed by atoms with E-state index in [1.54, 1.807) is 12.1 Å². The number of aliphatic hydroxyl groups is 1. The van der Waals surface area contributed by atoms with Gasteiger partial charge in [0, 0.05) is 11.0 Å². The second-order valence-corrected chi connectivity index (χ2v) is 7.08. The van der Waals surface area contributed by atoms with Crippen LogP contribution >= 0.6 is 15.9 Å². The maximum absolute atomic E-state index is 12.1. The molecule has 7 heteroatoms. The molecule has 0 aliphatic carbocycles. The van der Waals surface area contributed by atoms with Crippen molar-refractivity contribution in [3.05, 3.63) is 22.7 Å². The first-order chi connectivity index (χ1) is 8.15. The molecular formula is C11H16BrNO4S. The quantitative estimate of drug-likeness (QED) is 0.853. The zero-order valence-corrected chi connectivity index (χ0v) is 12.8. The summed E-state index contributed by atoms with van der Waals surface area (Å²) in [6.07, 6.45) is 0. The Morgan fingerprint density at radius 3 is 2.56 bits per heavy atom. The summed E-state index contributed by atoms with van der Waals surface area (Å²) in [7, 11) is -2.32. The number of benzene rings is 1. The summed E-state index contributed by atoms with van der Waals surface area (Å²) in [5, 5.41) is 9.54. The van der Waals surface area contributed by atoms with Crippen molar-refractivity contribution in [2.24, 2.45) is 0 Å². The van der Waals surface area contributed by atoms with Gasteiger partial charge in [-0.3, -0.25) is 0 Å². The standard InChI is InChI=1S/C11H16BrNO4S/c1-11(2,14)7-13-18(15,16)10-6-8(12)4-5-9(10)17-3/h4-6,13-14H,7H2,1-3H3. The monoisotopic (exact) mass is 337 g/mol. The minimum absolute atomic E-state index is 0.0311. The molecule has 5 nitrogen and oxygen atoms in total. The molecule has 0 saturated heterocycles. The Kier molecular flexibility index (Phi) is 4.77. The molecule has 1 rings (SSSR count). The summed E-state index contributed by atoms with van der Waals surface area (Å²) in [6.45, 7) is 2.96. The molecule has 2 N–H and O–H groups in total. The third kappa shape index (κ3) is 4.24. The smallest absolute Gasteiger partial charge is 0.244 e. The number of rotatable bonds is 5. The first-order valence-electron chi connectivity index (χ1n) is 5.21. The number of hydrogen-bond acceptors (Lipinski definition) is 4. The third-order valence-corrected chi connectivity index (χ3v) is 4.03. The summed E-state index contributed by atoms with van der Waals surface area (Å²) in [5.41, 5.74) is -1.12. The van der Waals surface area contributed by atoms with Crippen LogP contribution in [0.5, 0.6) is 5.75 Å². The molecule has 0 radical (unpaired) electrons. The molecule has 0 amide bonds. The maximum atomic E-state index is 12.1. The molecule has 0 fully saturated rings. The topological polar surface area (TPSA) is 75.6 Å². The number of hydrogen-bond donors (Lipinski definition) is 2. The Morgan fingerprint density at radius 1 is 1.44 bits per heavy atom. The van der Waals surface area contributed by atoms with Gasteiger partial charge in [0.2, 0.25) is 10.0 Å². The maximum Gasteiger partial charge on any atom is 0.244 e. The van der Waals surface area contributed by atoms with E-state index in [2.05, 4.69) is 20.7 Å². The van der Waals surface area contributed by atoms with Crippen LogP contribution < -0.4 is 9.46 Å². The molecule has 18 heavy (non-hydrogen) atoms. The van der Waals surface area contributed by atoms with Crippen LogP contribution in [0.2, 0.25) is 0 Å². The molecule has 0 atom stereocenters. The average molecular weight is 338 g/mol. The van der Waals surface area contributed by atoms with Gasteiger partial charge in [-0.15, -0.1) is 0 Å². The van der Waals surface area contributed by atoms with Gasteiger partial charge in [-0.05, 0) is 32.0 Å². The number of methoxy groups -OCH3 is 1. The fourth-order valence-corrected chi connectivity index (χ4v) is 3.12. The van der Waals surface area contributed by atoms with E-state index >= 15 is 0 Å². The van der Waals surface area contributed by atoms with Gasteiger partial charge in [0.15, 0.2) is 0 Å². The Balaban J connectivity index is 3.08. The van der Waals surface area contributed by atoms with Crippen molar-refractivity contribution in [2.45, 2.75) is 24.3 Å². The zero-order chi connectivity index (χ0) is 14.0. The fraction of sp³-hybridized carbons (Fsp3) is 0.455. The Labute approximate surface area is 115 Å². The van der Waals surface area contributed by atoms with Crippen LogP contribution in [0.15, 0.2) is 27.6 Å². The molecule has 0 aliphatic heterocycles.